The predicted octanol–water partition coefficient (Wildman–Crippen LogP) is 3.75. The molecule has 0 aliphatic heterocycles. The molecule has 0 unspecified atom stereocenters. The second-order valence-corrected chi connectivity index (χ2v) is 6.59. The third-order valence-corrected chi connectivity index (χ3v) is 4.89. The van der Waals surface area contributed by atoms with Crippen LogP contribution in [0.15, 0.2) is 60.8 Å². The number of anilines is 1. The van der Waals surface area contributed by atoms with Crippen LogP contribution in [0, 0.1) is 0 Å². The number of nitrogens with one attached hydrogen (secondary N) is 1. The van der Waals surface area contributed by atoms with Crippen LogP contribution in [-0.2, 0) is 10.2 Å². The lowest BCUT2D eigenvalue weighted by molar-refractivity contribution is -0.140. The zero-order chi connectivity index (χ0) is 19.0. The Kier molecular flexibility index (Phi) is 3.92. The van der Waals surface area contributed by atoms with E-state index in [1.54, 1.807) is 16.9 Å². The van der Waals surface area contributed by atoms with Crippen molar-refractivity contribution >= 4 is 17.9 Å². The fourth-order valence-corrected chi connectivity index (χ4v) is 3.18. The summed E-state index contributed by atoms with van der Waals surface area (Å²) in [5.41, 5.74) is 2.97. The van der Waals surface area contributed by atoms with Crippen molar-refractivity contribution in [1.82, 2.24) is 9.78 Å². The molecule has 3 N–H and O–H groups in total. The van der Waals surface area contributed by atoms with E-state index in [2.05, 4.69) is 10.4 Å². The Morgan fingerprint density at radius 3 is 2.04 bits per heavy atom. The van der Waals surface area contributed by atoms with Crippen molar-refractivity contribution in [1.29, 1.82) is 0 Å². The van der Waals surface area contributed by atoms with Gasteiger partial charge in [-0.25, -0.2) is 9.48 Å². The first-order chi connectivity index (χ1) is 13.0. The molecule has 0 bridgehead atoms. The summed E-state index contributed by atoms with van der Waals surface area (Å²) >= 11 is 0. The fraction of sp³-hybridized carbons (Fsp3) is 0.150. The summed E-state index contributed by atoms with van der Waals surface area (Å²) in [5.74, 6) is -0.495. The highest BCUT2D eigenvalue weighted by atomic mass is 16.4. The smallest absolute Gasteiger partial charge is 0.410 e. The quantitative estimate of drug-likeness (QED) is 0.640. The summed E-state index contributed by atoms with van der Waals surface area (Å²) in [7, 11) is 0. The summed E-state index contributed by atoms with van der Waals surface area (Å²) in [6.07, 6.45) is 1.91. The number of amides is 1. The maximum absolute atomic E-state index is 11.4. The van der Waals surface area contributed by atoms with Crippen molar-refractivity contribution in [3.63, 3.8) is 0 Å². The number of aliphatic carboxylic acids is 1. The van der Waals surface area contributed by atoms with E-state index in [1.165, 1.54) is 0 Å². The Hall–Kier alpha value is -3.61. The van der Waals surface area contributed by atoms with Crippen LogP contribution in [0.25, 0.3) is 16.8 Å². The van der Waals surface area contributed by atoms with Gasteiger partial charge >= 0.3 is 12.1 Å². The first kappa shape index (κ1) is 16.8. The number of hydrogen-bond donors (Lipinski definition) is 3. The average Bonchev–Trinajstić information content (AvgIpc) is 3.36. The lowest BCUT2D eigenvalue weighted by Gasteiger charge is -2.11. The van der Waals surface area contributed by atoms with Crippen LogP contribution in [0.1, 0.15) is 18.4 Å². The van der Waals surface area contributed by atoms with E-state index in [9.17, 15) is 14.7 Å². The molecule has 1 aromatic heterocycles. The predicted molar refractivity (Wildman–Crippen MR) is 99.2 cm³/mol. The zero-order valence-electron chi connectivity index (χ0n) is 14.3. The monoisotopic (exact) mass is 363 g/mol. The molecule has 3 aromatic rings. The van der Waals surface area contributed by atoms with Crippen molar-refractivity contribution in [2.45, 2.75) is 18.3 Å². The largest absolute Gasteiger partial charge is 0.481 e. The Balaban J connectivity index is 1.53. The van der Waals surface area contributed by atoms with Gasteiger partial charge in [-0.05, 0) is 41.7 Å². The van der Waals surface area contributed by atoms with E-state index in [0.717, 1.165) is 22.4 Å². The van der Waals surface area contributed by atoms with Gasteiger partial charge in [0.05, 0.1) is 11.1 Å². The topological polar surface area (TPSA) is 104 Å². The summed E-state index contributed by atoms with van der Waals surface area (Å²) < 4.78 is 1.59. The summed E-state index contributed by atoms with van der Waals surface area (Å²) in [5, 5.41) is 24.5. The molecule has 1 heterocycles. The Labute approximate surface area is 154 Å². The van der Waals surface area contributed by atoms with Gasteiger partial charge in [0.25, 0.3) is 0 Å². The van der Waals surface area contributed by atoms with Crippen LogP contribution >= 0.6 is 0 Å². The second-order valence-electron chi connectivity index (χ2n) is 6.59. The zero-order valence-corrected chi connectivity index (χ0v) is 14.3. The van der Waals surface area contributed by atoms with Gasteiger partial charge in [0.1, 0.15) is 0 Å². The number of nitrogens with zero attached hydrogens (tertiary/aromatic N) is 2. The molecule has 136 valence electrons. The number of aromatic nitrogens is 2. The van der Waals surface area contributed by atoms with E-state index in [1.807, 2.05) is 48.5 Å². The fourth-order valence-electron chi connectivity index (χ4n) is 3.18. The minimum Gasteiger partial charge on any atom is -0.481 e. The Morgan fingerprint density at radius 2 is 1.52 bits per heavy atom. The molecular weight excluding hydrogens is 346 g/mol. The lowest BCUT2D eigenvalue weighted by Crippen LogP contribution is -2.19. The molecule has 7 nitrogen and oxygen atoms in total. The molecular formula is C20H17N3O4. The van der Waals surface area contributed by atoms with Gasteiger partial charge in [-0.2, -0.15) is 0 Å². The van der Waals surface area contributed by atoms with Gasteiger partial charge in [0.15, 0.2) is 5.82 Å². The highest BCUT2D eigenvalue weighted by Crippen LogP contribution is 2.48. The standard InChI is InChI=1S/C20H17N3O4/c24-18(25)20(10-11-20)15-5-1-13(2-6-15)14-3-7-16(8-4-14)23-12-9-17(22-23)21-19(26)27/h1-9,12H,10-11H2,(H,21,22)(H,24,25)(H,26,27). The number of carboxylic acids is 1. The van der Waals surface area contributed by atoms with Crippen molar-refractivity contribution < 1.29 is 19.8 Å². The lowest BCUT2D eigenvalue weighted by atomic mass is 9.94. The summed E-state index contributed by atoms with van der Waals surface area (Å²) in [6.45, 7) is 0. The first-order valence-electron chi connectivity index (χ1n) is 8.48. The van der Waals surface area contributed by atoms with Gasteiger partial charge in [-0.1, -0.05) is 36.4 Å². The number of hydrogen-bond acceptors (Lipinski definition) is 3. The molecule has 1 saturated carbocycles. The number of carboxylic acid groups (broad SMARTS) is 2. The van der Waals surface area contributed by atoms with Crippen molar-refractivity contribution in [2.75, 3.05) is 5.32 Å². The van der Waals surface area contributed by atoms with Crippen LogP contribution in [0.2, 0.25) is 0 Å². The van der Waals surface area contributed by atoms with E-state index in [4.69, 9.17) is 5.11 Å². The van der Waals surface area contributed by atoms with E-state index >= 15 is 0 Å². The molecule has 1 aliphatic carbocycles. The molecule has 2 aromatic carbocycles. The highest BCUT2D eigenvalue weighted by molar-refractivity contribution is 5.85. The summed E-state index contributed by atoms with van der Waals surface area (Å²) in [4.78, 5) is 22.1. The Bertz CT molecular complexity index is 1000. The van der Waals surface area contributed by atoms with Gasteiger partial charge < -0.3 is 10.2 Å². The van der Waals surface area contributed by atoms with Crippen LogP contribution in [0.4, 0.5) is 10.6 Å². The van der Waals surface area contributed by atoms with E-state index < -0.39 is 17.5 Å². The number of carbonyl (C=O) groups is 2. The molecule has 0 atom stereocenters. The van der Waals surface area contributed by atoms with Crippen LogP contribution in [0.3, 0.4) is 0 Å². The molecule has 0 radical (unpaired) electrons. The maximum atomic E-state index is 11.4. The molecule has 4 rings (SSSR count). The second kappa shape index (κ2) is 6.28. The SMILES string of the molecule is O=C(O)Nc1ccn(-c2ccc(-c3ccc(C4(C(=O)O)CC4)cc3)cc2)n1. The van der Waals surface area contributed by atoms with E-state index in [0.29, 0.717) is 12.8 Å². The van der Waals surface area contributed by atoms with Gasteiger partial charge in [-0.15, -0.1) is 5.10 Å². The minimum atomic E-state index is -1.16. The van der Waals surface area contributed by atoms with Gasteiger partial charge in [0, 0.05) is 12.3 Å². The third kappa shape index (κ3) is 3.15. The first-order valence-corrected chi connectivity index (χ1v) is 8.48. The van der Waals surface area contributed by atoms with Crippen molar-refractivity contribution in [3.05, 3.63) is 66.4 Å². The molecule has 0 saturated heterocycles. The minimum absolute atomic E-state index is 0.259. The maximum Gasteiger partial charge on any atom is 0.410 e. The molecule has 0 spiro atoms. The Morgan fingerprint density at radius 1 is 0.926 bits per heavy atom. The molecule has 27 heavy (non-hydrogen) atoms. The van der Waals surface area contributed by atoms with Crippen LogP contribution in [-0.4, -0.2) is 32.1 Å². The van der Waals surface area contributed by atoms with Crippen LogP contribution < -0.4 is 5.32 Å². The number of rotatable bonds is 5. The highest BCUT2D eigenvalue weighted by Gasteiger charge is 2.51. The normalized spacial score (nSPS) is 14.5. The molecule has 1 aliphatic rings. The van der Waals surface area contributed by atoms with Crippen molar-refractivity contribution in [3.8, 4) is 16.8 Å². The van der Waals surface area contributed by atoms with E-state index in [-0.39, 0.29) is 5.82 Å². The molecule has 1 fully saturated rings. The molecule has 1 amide bonds. The van der Waals surface area contributed by atoms with Gasteiger partial charge in [0.2, 0.25) is 0 Å². The van der Waals surface area contributed by atoms with Gasteiger partial charge in [-0.3, -0.25) is 10.1 Å². The third-order valence-electron chi connectivity index (χ3n) is 4.89. The van der Waals surface area contributed by atoms with Crippen LogP contribution in [0.5, 0.6) is 0 Å². The average molecular weight is 363 g/mol. The summed E-state index contributed by atoms with van der Waals surface area (Å²) in [6, 6.07) is 16.9. The number of benzene rings is 2. The molecule has 7 heteroatoms. The van der Waals surface area contributed by atoms with Crippen molar-refractivity contribution in [2.24, 2.45) is 0 Å².